The van der Waals surface area contributed by atoms with Crippen LogP contribution in [-0.2, 0) is 6.18 Å². The van der Waals surface area contributed by atoms with Crippen molar-refractivity contribution >= 4 is 17.5 Å². The number of alkyl halides is 3. The second-order valence-corrected chi connectivity index (χ2v) is 4.02. The van der Waals surface area contributed by atoms with Gasteiger partial charge in [-0.1, -0.05) is 11.6 Å². The summed E-state index contributed by atoms with van der Waals surface area (Å²) in [5.74, 6) is -0.391. The van der Waals surface area contributed by atoms with Gasteiger partial charge in [0.2, 0.25) is 0 Å². The summed E-state index contributed by atoms with van der Waals surface area (Å²) in [5, 5.41) is 2.07. The van der Waals surface area contributed by atoms with Crippen molar-refractivity contribution in [2.24, 2.45) is 0 Å². The van der Waals surface area contributed by atoms with Crippen molar-refractivity contribution in [3.8, 4) is 0 Å². The van der Waals surface area contributed by atoms with Crippen LogP contribution in [0, 0.1) is 0 Å². The smallest absolute Gasteiger partial charge is 0.345 e. The average molecular weight is 250 g/mol. The van der Waals surface area contributed by atoms with E-state index in [1.54, 1.807) is 6.92 Å². The summed E-state index contributed by atoms with van der Waals surface area (Å²) in [6.07, 6.45) is -4.50. The lowest BCUT2D eigenvalue weighted by Crippen LogP contribution is -2.16. The highest BCUT2D eigenvalue weighted by molar-refractivity contribution is 6.32. The van der Waals surface area contributed by atoms with Gasteiger partial charge in [0, 0.05) is 5.56 Å². The van der Waals surface area contributed by atoms with E-state index >= 15 is 0 Å². The van der Waals surface area contributed by atoms with Crippen LogP contribution in [0.5, 0.6) is 0 Å². The summed E-state index contributed by atoms with van der Waals surface area (Å²) in [5.41, 5.74) is -0.358. The Morgan fingerprint density at radius 1 is 1.38 bits per heavy atom. The predicted octanol–water partition coefficient (Wildman–Crippen LogP) is 3.16. The molecule has 0 spiro atoms. The molecule has 0 radical (unpaired) electrons. The van der Waals surface area contributed by atoms with Gasteiger partial charge in [-0.25, -0.2) is 0 Å². The third kappa shape index (κ3) is 1.65. The molecule has 16 heavy (non-hydrogen) atoms. The van der Waals surface area contributed by atoms with E-state index in [1.807, 2.05) is 0 Å². The number of carbonyl (C=O) groups excluding carboxylic acids is 1. The van der Waals surface area contributed by atoms with Crippen LogP contribution < -0.4 is 5.32 Å². The summed E-state index contributed by atoms with van der Waals surface area (Å²) in [7, 11) is 0. The first-order chi connectivity index (χ1) is 7.30. The van der Waals surface area contributed by atoms with Crippen LogP contribution in [0.1, 0.15) is 34.5 Å². The van der Waals surface area contributed by atoms with Crippen molar-refractivity contribution in [3.05, 3.63) is 33.8 Å². The van der Waals surface area contributed by atoms with Crippen molar-refractivity contribution in [1.29, 1.82) is 0 Å². The topological polar surface area (TPSA) is 29.1 Å². The van der Waals surface area contributed by atoms with E-state index < -0.39 is 28.7 Å². The quantitative estimate of drug-likeness (QED) is 0.752. The number of rotatable bonds is 0. The minimum absolute atomic E-state index is 0.213. The molecule has 2 rings (SSSR count). The number of nitrogens with one attached hydrogen (secondary N) is 1. The number of amides is 1. The molecule has 6 heteroatoms. The van der Waals surface area contributed by atoms with Crippen LogP contribution in [0.25, 0.3) is 0 Å². The summed E-state index contributed by atoms with van der Waals surface area (Å²) in [4.78, 5) is 11.3. The Morgan fingerprint density at radius 3 is 2.56 bits per heavy atom. The molecule has 0 fully saturated rings. The van der Waals surface area contributed by atoms with Gasteiger partial charge >= 0.3 is 6.18 Å². The van der Waals surface area contributed by atoms with Gasteiger partial charge in [-0.05, 0) is 24.6 Å². The third-order valence-electron chi connectivity index (χ3n) is 2.50. The molecule has 1 atom stereocenters. The first kappa shape index (κ1) is 11.3. The summed E-state index contributed by atoms with van der Waals surface area (Å²) < 4.78 is 37.7. The second-order valence-electron chi connectivity index (χ2n) is 3.61. The average Bonchev–Trinajstić information content (AvgIpc) is 2.39. The highest BCUT2D eigenvalue weighted by atomic mass is 35.5. The van der Waals surface area contributed by atoms with Gasteiger partial charge in [0.05, 0.1) is 16.6 Å². The lowest BCUT2D eigenvalue weighted by atomic mass is 10.0. The molecule has 0 aliphatic carbocycles. The van der Waals surface area contributed by atoms with Crippen LogP contribution >= 0.6 is 11.6 Å². The molecule has 1 aliphatic heterocycles. The Kier molecular flexibility index (Phi) is 2.38. The zero-order valence-corrected chi connectivity index (χ0v) is 8.91. The van der Waals surface area contributed by atoms with Gasteiger partial charge in [-0.15, -0.1) is 0 Å². The minimum Gasteiger partial charge on any atom is -0.345 e. The molecule has 1 aliphatic rings. The van der Waals surface area contributed by atoms with Crippen LogP contribution in [0.15, 0.2) is 12.1 Å². The van der Waals surface area contributed by atoms with Crippen molar-refractivity contribution in [3.63, 3.8) is 0 Å². The van der Waals surface area contributed by atoms with Crippen molar-refractivity contribution in [1.82, 2.24) is 5.32 Å². The summed E-state index contributed by atoms with van der Waals surface area (Å²) in [6, 6.07) is 1.58. The normalized spacial score (nSPS) is 19.6. The number of hydrogen-bond donors (Lipinski definition) is 1. The van der Waals surface area contributed by atoms with E-state index in [-0.39, 0.29) is 5.56 Å². The van der Waals surface area contributed by atoms with E-state index in [0.29, 0.717) is 5.56 Å². The number of halogens is 4. The maximum absolute atomic E-state index is 12.6. The number of benzene rings is 1. The van der Waals surface area contributed by atoms with Gasteiger partial charge in [0.15, 0.2) is 0 Å². The molecular weight excluding hydrogens is 243 g/mol. The van der Waals surface area contributed by atoms with Crippen molar-refractivity contribution in [2.45, 2.75) is 19.1 Å². The number of hydrogen-bond acceptors (Lipinski definition) is 1. The summed E-state index contributed by atoms with van der Waals surface area (Å²) in [6.45, 7) is 1.62. The van der Waals surface area contributed by atoms with E-state index in [9.17, 15) is 18.0 Å². The fraction of sp³-hybridized carbons (Fsp3) is 0.300. The maximum Gasteiger partial charge on any atom is 0.417 e. The fourth-order valence-corrected chi connectivity index (χ4v) is 1.99. The Bertz CT molecular complexity index is 470. The Balaban J connectivity index is 2.63. The highest BCUT2D eigenvalue weighted by Crippen LogP contribution is 2.39. The SMILES string of the molecule is C[C@@H]1NC(=O)c2cc(Cl)c(C(F)(F)F)cc21. The van der Waals surface area contributed by atoms with Crippen LogP contribution in [0.4, 0.5) is 13.2 Å². The first-order valence-electron chi connectivity index (χ1n) is 4.52. The molecule has 0 unspecified atom stereocenters. The van der Waals surface area contributed by atoms with E-state index in [4.69, 9.17) is 11.6 Å². The molecule has 1 aromatic carbocycles. The van der Waals surface area contributed by atoms with Gasteiger partial charge in [-0.3, -0.25) is 4.79 Å². The van der Waals surface area contributed by atoms with Crippen LogP contribution in [0.3, 0.4) is 0 Å². The lowest BCUT2D eigenvalue weighted by molar-refractivity contribution is -0.137. The van der Waals surface area contributed by atoms with Crippen molar-refractivity contribution in [2.75, 3.05) is 0 Å². The molecule has 1 aromatic rings. The van der Waals surface area contributed by atoms with Crippen LogP contribution in [0.2, 0.25) is 5.02 Å². The molecular formula is C10H7ClF3NO. The zero-order chi connectivity index (χ0) is 12.1. The standard InChI is InChI=1S/C10H7ClF3NO/c1-4-5-2-7(10(12,13)14)8(11)3-6(5)9(16)15-4/h2-4H,1H3,(H,15,16)/t4-/m0/s1. The first-order valence-corrected chi connectivity index (χ1v) is 4.90. The van der Waals surface area contributed by atoms with Gasteiger partial charge in [-0.2, -0.15) is 13.2 Å². The summed E-state index contributed by atoms with van der Waals surface area (Å²) >= 11 is 5.51. The minimum atomic E-state index is -4.50. The number of carbonyl (C=O) groups is 1. The van der Waals surface area contributed by atoms with Crippen LogP contribution in [-0.4, -0.2) is 5.91 Å². The Hall–Kier alpha value is -1.23. The Labute approximate surface area is 94.4 Å². The van der Waals surface area contributed by atoms with E-state index in [1.165, 1.54) is 0 Å². The monoisotopic (exact) mass is 249 g/mol. The largest absolute Gasteiger partial charge is 0.417 e. The highest BCUT2D eigenvalue weighted by Gasteiger charge is 2.36. The van der Waals surface area contributed by atoms with E-state index in [2.05, 4.69) is 5.32 Å². The second kappa shape index (κ2) is 3.38. The van der Waals surface area contributed by atoms with Gasteiger partial charge in [0.1, 0.15) is 0 Å². The predicted molar refractivity (Wildman–Crippen MR) is 52.3 cm³/mol. The molecule has 2 nitrogen and oxygen atoms in total. The molecule has 0 saturated carbocycles. The van der Waals surface area contributed by atoms with E-state index in [0.717, 1.165) is 12.1 Å². The molecule has 1 heterocycles. The van der Waals surface area contributed by atoms with Gasteiger partial charge in [0.25, 0.3) is 5.91 Å². The molecule has 0 saturated heterocycles. The zero-order valence-electron chi connectivity index (χ0n) is 8.15. The fourth-order valence-electron chi connectivity index (χ4n) is 1.71. The Morgan fingerprint density at radius 2 is 2.00 bits per heavy atom. The molecule has 86 valence electrons. The molecule has 1 amide bonds. The van der Waals surface area contributed by atoms with Crippen molar-refractivity contribution < 1.29 is 18.0 Å². The maximum atomic E-state index is 12.6. The molecule has 0 aromatic heterocycles. The number of fused-ring (bicyclic) bond motifs is 1. The molecule has 1 N–H and O–H groups in total. The van der Waals surface area contributed by atoms with Gasteiger partial charge < -0.3 is 5.32 Å². The molecule has 0 bridgehead atoms. The third-order valence-corrected chi connectivity index (χ3v) is 2.82. The lowest BCUT2D eigenvalue weighted by Gasteiger charge is -2.11.